The lowest BCUT2D eigenvalue weighted by Gasteiger charge is -2.32. The van der Waals surface area contributed by atoms with Gasteiger partial charge in [-0.25, -0.2) is 4.68 Å². The van der Waals surface area contributed by atoms with E-state index < -0.39 is 23.1 Å². The van der Waals surface area contributed by atoms with Crippen LogP contribution in [0.25, 0.3) is 5.69 Å². The van der Waals surface area contributed by atoms with Gasteiger partial charge in [0, 0.05) is 36.5 Å². The number of carbonyl (C=O) groups is 2. The second-order valence-corrected chi connectivity index (χ2v) is 8.36. The molecule has 0 bridgehead atoms. The largest absolute Gasteiger partial charge is 0.416 e. The number of hydrogen-bond acceptors (Lipinski definition) is 4. The lowest BCUT2D eigenvalue weighted by atomic mass is 10.0. The molecule has 1 saturated heterocycles. The molecule has 2 heterocycles. The fraction of sp³-hybridized carbons (Fsp3) is 0.280. The Morgan fingerprint density at radius 2 is 1.69 bits per heavy atom. The lowest BCUT2D eigenvalue weighted by molar-refractivity contribution is -0.137. The van der Waals surface area contributed by atoms with Crippen molar-refractivity contribution < 1.29 is 22.8 Å². The van der Waals surface area contributed by atoms with Gasteiger partial charge in [0.2, 0.25) is 5.43 Å². The van der Waals surface area contributed by atoms with E-state index in [0.29, 0.717) is 37.2 Å². The topological polar surface area (TPSA) is 84.3 Å². The van der Waals surface area contributed by atoms with E-state index in [4.69, 9.17) is 0 Å². The van der Waals surface area contributed by atoms with Crippen LogP contribution in [0.5, 0.6) is 0 Å². The Hall–Kier alpha value is -3.95. The van der Waals surface area contributed by atoms with Crippen molar-refractivity contribution >= 4 is 11.8 Å². The van der Waals surface area contributed by atoms with Crippen LogP contribution in [-0.2, 0) is 6.18 Å². The van der Waals surface area contributed by atoms with E-state index in [1.807, 2.05) is 6.07 Å². The van der Waals surface area contributed by atoms with Crippen molar-refractivity contribution in [3.05, 3.63) is 93.4 Å². The highest BCUT2D eigenvalue weighted by molar-refractivity contribution is 5.94. The fourth-order valence-corrected chi connectivity index (χ4v) is 4.01. The Morgan fingerprint density at radius 3 is 2.34 bits per heavy atom. The average molecular weight is 484 g/mol. The number of rotatable bonds is 4. The van der Waals surface area contributed by atoms with E-state index in [9.17, 15) is 27.6 Å². The maximum atomic E-state index is 13.1. The molecule has 182 valence electrons. The first-order valence-electron chi connectivity index (χ1n) is 11.1. The van der Waals surface area contributed by atoms with Crippen LogP contribution in [0, 0.1) is 6.92 Å². The Kier molecular flexibility index (Phi) is 6.72. The zero-order chi connectivity index (χ0) is 25.2. The van der Waals surface area contributed by atoms with Crippen molar-refractivity contribution in [1.82, 2.24) is 20.0 Å². The van der Waals surface area contributed by atoms with E-state index in [2.05, 4.69) is 10.4 Å². The van der Waals surface area contributed by atoms with E-state index in [1.54, 1.807) is 24.3 Å². The van der Waals surface area contributed by atoms with Crippen LogP contribution in [0.3, 0.4) is 0 Å². The van der Waals surface area contributed by atoms with E-state index >= 15 is 0 Å². The van der Waals surface area contributed by atoms with E-state index in [-0.39, 0.29) is 23.3 Å². The molecule has 1 fully saturated rings. The van der Waals surface area contributed by atoms with Gasteiger partial charge < -0.3 is 10.2 Å². The predicted molar refractivity (Wildman–Crippen MR) is 122 cm³/mol. The van der Waals surface area contributed by atoms with Gasteiger partial charge in [-0.05, 0) is 50.1 Å². The van der Waals surface area contributed by atoms with Crippen LogP contribution >= 0.6 is 0 Å². The van der Waals surface area contributed by atoms with Crippen molar-refractivity contribution in [2.24, 2.45) is 0 Å². The normalized spacial score (nSPS) is 14.6. The van der Waals surface area contributed by atoms with Gasteiger partial charge in [0.1, 0.15) is 0 Å². The van der Waals surface area contributed by atoms with Gasteiger partial charge in [0.25, 0.3) is 11.8 Å². The van der Waals surface area contributed by atoms with Gasteiger partial charge in [0.05, 0.1) is 11.3 Å². The third-order valence-electron chi connectivity index (χ3n) is 5.88. The smallest absolute Gasteiger partial charge is 0.349 e. The summed E-state index contributed by atoms with van der Waals surface area (Å²) in [5, 5.41) is 7.07. The minimum absolute atomic E-state index is 0.0914. The Balaban J connectivity index is 1.49. The molecule has 7 nitrogen and oxygen atoms in total. The monoisotopic (exact) mass is 484 g/mol. The molecule has 35 heavy (non-hydrogen) atoms. The molecule has 10 heteroatoms. The maximum absolute atomic E-state index is 13.1. The number of nitrogens with zero attached hydrogens (tertiary/aromatic N) is 3. The number of piperidine rings is 1. The van der Waals surface area contributed by atoms with Gasteiger partial charge in [-0.1, -0.05) is 24.3 Å². The van der Waals surface area contributed by atoms with E-state index in [0.717, 1.165) is 16.8 Å². The Bertz CT molecular complexity index is 1300. The summed E-state index contributed by atoms with van der Waals surface area (Å²) in [6, 6.07) is 14.4. The molecule has 2 amide bonds. The number of alkyl halides is 3. The summed E-state index contributed by atoms with van der Waals surface area (Å²) in [7, 11) is 0. The SMILES string of the molecule is Cc1cc(=O)c(C(=O)N2CCC(NC(=O)c3ccccc3)CC2)nn1-c1cccc(C(F)(F)F)c1. The summed E-state index contributed by atoms with van der Waals surface area (Å²) in [5.41, 5.74) is -0.885. The summed E-state index contributed by atoms with van der Waals surface area (Å²) in [4.78, 5) is 39.5. The molecule has 0 saturated carbocycles. The van der Waals surface area contributed by atoms with Crippen LogP contribution in [0.4, 0.5) is 13.2 Å². The minimum atomic E-state index is -4.54. The van der Waals surface area contributed by atoms with E-state index in [1.165, 1.54) is 30.0 Å². The van der Waals surface area contributed by atoms with Crippen LogP contribution in [0.15, 0.2) is 65.5 Å². The standard InChI is InChI=1S/C25H23F3N4O3/c1-16-14-21(33)22(30-32(16)20-9-5-8-18(15-20)25(26,27)28)24(35)31-12-10-19(11-13-31)29-23(34)17-6-3-2-4-7-17/h2-9,14-15,19H,10-13H2,1H3,(H,29,34). The molecule has 4 rings (SSSR count). The summed E-state index contributed by atoms with van der Waals surface area (Å²) in [6.45, 7) is 2.14. The highest BCUT2D eigenvalue weighted by Gasteiger charge is 2.31. The highest BCUT2D eigenvalue weighted by atomic mass is 19.4. The number of likely N-dealkylation sites (tertiary alicyclic amines) is 1. The van der Waals surface area contributed by atoms with Crippen molar-refractivity contribution in [3.63, 3.8) is 0 Å². The molecule has 0 radical (unpaired) electrons. The van der Waals surface area contributed by atoms with Crippen molar-refractivity contribution in [2.75, 3.05) is 13.1 Å². The highest BCUT2D eigenvalue weighted by Crippen LogP contribution is 2.30. The average Bonchev–Trinajstić information content (AvgIpc) is 2.84. The van der Waals surface area contributed by atoms with Crippen molar-refractivity contribution in [2.45, 2.75) is 32.0 Å². The molecule has 0 aliphatic carbocycles. The number of amides is 2. The summed E-state index contributed by atoms with van der Waals surface area (Å²) < 4.78 is 40.6. The summed E-state index contributed by atoms with van der Waals surface area (Å²) in [5.74, 6) is -0.789. The van der Waals surface area contributed by atoms with Crippen LogP contribution in [0.2, 0.25) is 0 Å². The quantitative estimate of drug-likeness (QED) is 0.614. The Labute approximate surface area is 199 Å². The molecule has 0 spiro atoms. The molecule has 0 unspecified atom stereocenters. The summed E-state index contributed by atoms with van der Waals surface area (Å²) >= 11 is 0. The third kappa shape index (κ3) is 5.42. The zero-order valence-corrected chi connectivity index (χ0v) is 18.9. The zero-order valence-electron chi connectivity index (χ0n) is 18.9. The number of nitrogens with one attached hydrogen (secondary N) is 1. The second kappa shape index (κ2) is 9.73. The van der Waals surface area contributed by atoms with Crippen LogP contribution < -0.4 is 10.7 Å². The first kappa shape index (κ1) is 24.2. The van der Waals surface area contributed by atoms with Gasteiger partial charge in [-0.3, -0.25) is 14.4 Å². The van der Waals surface area contributed by atoms with Crippen LogP contribution in [0.1, 0.15) is 44.9 Å². The van der Waals surface area contributed by atoms with Gasteiger partial charge in [-0.2, -0.15) is 18.3 Å². The number of carbonyl (C=O) groups excluding carboxylic acids is 2. The van der Waals surface area contributed by atoms with Gasteiger partial charge in [-0.15, -0.1) is 0 Å². The first-order chi connectivity index (χ1) is 16.6. The predicted octanol–water partition coefficient (Wildman–Crippen LogP) is 3.59. The number of benzene rings is 2. The lowest BCUT2D eigenvalue weighted by Crippen LogP contribution is -2.47. The molecule has 2 aromatic carbocycles. The van der Waals surface area contributed by atoms with Gasteiger partial charge >= 0.3 is 6.18 Å². The first-order valence-corrected chi connectivity index (χ1v) is 11.1. The molecule has 1 N–H and O–H groups in total. The number of aryl methyl sites for hydroxylation is 1. The number of aromatic nitrogens is 2. The second-order valence-electron chi connectivity index (χ2n) is 8.36. The fourth-order valence-electron chi connectivity index (χ4n) is 4.01. The Morgan fingerprint density at radius 1 is 1.00 bits per heavy atom. The molecular weight excluding hydrogens is 461 g/mol. The molecule has 1 aromatic heterocycles. The molecule has 0 atom stereocenters. The molecule has 3 aromatic rings. The molecular formula is C25H23F3N4O3. The van der Waals surface area contributed by atoms with Crippen molar-refractivity contribution in [1.29, 1.82) is 0 Å². The third-order valence-corrected chi connectivity index (χ3v) is 5.88. The summed E-state index contributed by atoms with van der Waals surface area (Å²) in [6.07, 6.45) is -3.54. The number of hydrogen-bond donors (Lipinski definition) is 1. The molecule has 1 aliphatic heterocycles. The molecule has 1 aliphatic rings. The number of halogens is 3. The van der Waals surface area contributed by atoms with Crippen LogP contribution in [-0.4, -0.2) is 45.6 Å². The van der Waals surface area contributed by atoms with Gasteiger partial charge in [0.15, 0.2) is 5.69 Å². The van der Waals surface area contributed by atoms with Crippen molar-refractivity contribution in [3.8, 4) is 5.69 Å². The minimum Gasteiger partial charge on any atom is -0.349 e. The maximum Gasteiger partial charge on any atom is 0.416 e.